The van der Waals surface area contributed by atoms with E-state index in [2.05, 4.69) is 58.2 Å². The Balaban J connectivity index is 1.87. The molecule has 1 N–H and O–H groups in total. The summed E-state index contributed by atoms with van der Waals surface area (Å²) < 4.78 is 0. The molecule has 0 spiro atoms. The van der Waals surface area contributed by atoms with Gasteiger partial charge >= 0.3 is 5.22 Å². The molecule has 3 aromatic carbocycles. The van der Waals surface area contributed by atoms with Gasteiger partial charge in [-0.2, -0.15) is 0 Å². The predicted octanol–water partition coefficient (Wildman–Crippen LogP) is 3.97. The Kier molecular flexibility index (Phi) is 2.75. The normalized spacial score (nSPS) is 13.7. The lowest BCUT2D eigenvalue weighted by atomic mass is 10.0. The van der Waals surface area contributed by atoms with Crippen LogP contribution in [0, 0.1) is 0 Å². The van der Waals surface area contributed by atoms with Gasteiger partial charge in [-0.3, -0.25) is 0 Å². The average Bonchev–Trinajstić information content (AvgIpc) is 3.05. The fraction of sp³-hybridized carbons (Fsp3) is 0. The molecule has 1 heterocycles. The number of nitrogens with one attached hydrogen (secondary N) is 1. The van der Waals surface area contributed by atoms with Crippen molar-refractivity contribution < 1.29 is 0 Å². The molecule has 3 aromatic rings. The summed E-state index contributed by atoms with van der Waals surface area (Å²) in [5, 5.41) is 10.7. The molecular formula is C18H13N3+. The number of hydrogen-bond donors (Lipinski definition) is 1. The van der Waals surface area contributed by atoms with Crippen molar-refractivity contribution >= 4 is 22.2 Å². The molecule has 0 bridgehead atoms. The molecule has 3 nitrogen and oxygen atoms in total. The first-order valence-electron chi connectivity index (χ1n) is 6.87. The Labute approximate surface area is 122 Å². The number of rotatable bonds is 2. The fourth-order valence-electron chi connectivity index (χ4n) is 2.57. The summed E-state index contributed by atoms with van der Waals surface area (Å²) in [5.74, 6) is 0. The van der Waals surface area contributed by atoms with E-state index in [1.807, 2.05) is 30.3 Å². The first-order chi connectivity index (χ1) is 10.4. The number of benzene rings is 3. The fourth-order valence-corrected chi connectivity index (χ4v) is 2.57. The summed E-state index contributed by atoms with van der Waals surface area (Å²) in [6.07, 6.45) is 0. The molecule has 0 atom stereocenters. The molecule has 0 saturated carbocycles. The molecule has 0 amide bonds. The van der Waals surface area contributed by atoms with Crippen LogP contribution in [0.2, 0.25) is 0 Å². The van der Waals surface area contributed by atoms with E-state index < -0.39 is 0 Å². The molecule has 4 rings (SSSR count). The monoisotopic (exact) mass is 271 g/mol. The Morgan fingerprint density at radius 3 is 2.33 bits per heavy atom. The molecular weight excluding hydrogens is 258 g/mol. The van der Waals surface area contributed by atoms with Gasteiger partial charge in [-0.05, 0) is 16.8 Å². The third-order valence-electron chi connectivity index (χ3n) is 3.63. The van der Waals surface area contributed by atoms with Crippen LogP contribution in [0.5, 0.6) is 0 Å². The highest BCUT2D eigenvalue weighted by Gasteiger charge is 2.24. The lowest BCUT2D eigenvalue weighted by Gasteiger charge is -2.03. The Morgan fingerprint density at radius 1 is 0.714 bits per heavy atom. The largest absolute Gasteiger partial charge is 0.331 e. The van der Waals surface area contributed by atoms with Gasteiger partial charge in [0.05, 0.1) is 0 Å². The van der Waals surface area contributed by atoms with Crippen molar-refractivity contribution in [3.8, 4) is 0 Å². The molecule has 99 valence electrons. The van der Waals surface area contributed by atoms with Crippen LogP contribution >= 0.6 is 0 Å². The van der Waals surface area contributed by atoms with Crippen molar-refractivity contribution in [1.82, 2.24) is 10.6 Å². The molecule has 3 heteroatoms. The highest BCUT2D eigenvalue weighted by Crippen LogP contribution is 2.29. The maximum absolute atomic E-state index is 4.24. The smallest absolute Gasteiger partial charge is 0.0680 e. The minimum Gasteiger partial charge on any atom is -0.0680 e. The first kappa shape index (κ1) is 11.9. The minimum atomic E-state index is 0.880. The Bertz CT molecular complexity index is 864. The molecule has 0 unspecified atom stereocenters. The average molecular weight is 271 g/mol. The molecule has 1 radical (unpaired) electrons. The Morgan fingerprint density at radius 2 is 1.48 bits per heavy atom. The molecule has 0 aromatic heterocycles. The van der Waals surface area contributed by atoms with Crippen molar-refractivity contribution in [3.05, 3.63) is 83.9 Å². The van der Waals surface area contributed by atoms with Gasteiger partial charge in [0.1, 0.15) is 10.8 Å². The van der Waals surface area contributed by atoms with Gasteiger partial charge in [-0.25, -0.2) is 0 Å². The van der Waals surface area contributed by atoms with Crippen molar-refractivity contribution in [2.75, 3.05) is 0 Å². The van der Waals surface area contributed by atoms with Crippen LogP contribution in [-0.2, 0) is 0 Å². The third-order valence-corrected chi connectivity index (χ3v) is 3.63. The summed E-state index contributed by atoms with van der Waals surface area (Å²) in [6, 6.07) is 24.8. The van der Waals surface area contributed by atoms with Gasteiger partial charge < -0.3 is 0 Å². The van der Waals surface area contributed by atoms with E-state index in [0.29, 0.717) is 0 Å². The van der Waals surface area contributed by atoms with Crippen LogP contribution in [-0.4, -0.2) is 0 Å². The van der Waals surface area contributed by atoms with E-state index in [9.17, 15) is 0 Å². The number of nitrogens with zero attached hydrogens (tertiary/aromatic N) is 2. The zero-order valence-corrected chi connectivity index (χ0v) is 11.3. The van der Waals surface area contributed by atoms with Crippen molar-refractivity contribution in [2.45, 2.75) is 0 Å². The lowest BCUT2D eigenvalue weighted by Crippen LogP contribution is -2.08. The van der Waals surface area contributed by atoms with E-state index in [4.69, 9.17) is 0 Å². The summed E-state index contributed by atoms with van der Waals surface area (Å²) in [5.41, 5.74) is 7.01. The zero-order valence-electron chi connectivity index (χ0n) is 11.3. The van der Waals surface area contributed by atoms with Crippen LogP contribution in [0.4, 0.5) is 0 Å². The molecule has 1 aliphatic heterocycles. The van der Waals surface area contributed by atoms with Gasteiger partial charge in [0.2, 0.25) is 0 Å². The van der Waals surface area contributed by atoms with E-state index >= 15 is 0 Å². The van der Waals surface area contributed by atoms with Crippen molar-refractivity contribution in [1.29, 1.82) is 0 Å². The second-order valence-electron chi connectivity index (χ2n) is 4.96. The molecule has 0 saturated heterocycles. The molecule has 0 fully saturated rings. The summed E-state index contributed by atoms with van der Waals surface area (Å²) in [6.45, 7) is 0. The summed E-state index contributed by atoms with van der Waals surface area (Å²) >= 11 is 0. The highest BCUT2D eigenvalue weighted by molar-refractivity contribution is 5.93. The van der Waals surface area contributed by atoms with Crippen LogP contribution in [0.15, 0.2) is 77.9 Å². The first-order valence-corrected chi connectivity index (χ1v) is 6.87. The van der Waals surface area contributed by atoms with Gasteiger partial charge in [0.15, 0.2) is 5.70 Å². The number of fused-ring (bicyclic) bond motifs is 1. The molecule has 0 aliphatic carbocycles. The maximum atomic E-state index is 4.24. The minimum absolute atomic E-state index is 0.880. The second kappa shape index (κ2) is 4.87. The maximum Gasteiger partial charge on any atom is 0.331 e. The summed E-state index contributed by atoms with van der Waals surface area (Å²) in [7, 11) is 0. The third kappa shape index (κ3) is 2.09. The lowest BCUT2D eigenvalue weighted by molar-refractivity contribution is 0.822. The van der Waals surface area contributed by atoms with Gasteiger partial charge in [0, 0.05) is 11.1 Å². The second-order valence-corrected chi connectivity index (χ2v) is 4.96. The zero-order chi connectivity index (χ0) is 14.1. The SMILES string of the molecule is c1ccc(C2=C(c3ccc4ccccc4c3)N[N+]=N2)cc1. The van der Waals surface area contributed by atoms with Crippen LogP contribution in [0.25, 0.3) is 22.2 Å². The number of hydrogen-bond acceptors (Lipinski definition) is 3. The van der Waals surface area contributed by atoms with Crippen LogP contribution in [0.3, 0.4) is 0 Å². The van der Waals surface area contributed by atoms with E-state index in [0.717, 1.165) is 22.5 Å². The van der Waals surface area contributed by atoms with Gasteiger partial charge in [0.25, 0.3) is 0 Å². The topological polar surface area (TPSA) is 38.5 Å². The van der Waals surface area contributed by atoms with E-state index in [-0.39, 0.29) is 0 Å². The quantitative estimate of drug-likeness (QED) is 0.752. The van der Waals surface area contributed by atoms with Gasteiger partial charge in [-0.15, -0.1) is 0 Å². The molecule has 21 heavy (non-hydrogen) atoms. The van der Waals surface area contributed by atoms with Gasteiger partial charge in [-0.1, -0.05) is 72.2 Å². The summed E-state index contributed by atoms with van der Waals surface area (Å²) in [4.78, 5) is 0. The Hall–Kier alpha value is -2.94. The predicted molar refractivity (Wildman–Crippen MR) is 84.9 cm³/mol. The van der Waals surface area contributed by atoms with Crippen molar-refractivity contribution in [3.63, 3.8) is 0 Å². The van der Waals surface area contributed by atoms with E-state index in [1.165, 1.54) is 10.8 Å². The standard InChI is InChI=1S/C18H13N3/c1-2-7-14(8-3-1)17-18(20-21-19-17)16-11-10-13-6-4-5-9-15(13)12-16/h1-12H,(H,19,20)/q+1. The van der Waals surface area contributed by atoms with Crippen molar-refractivity contribution in [2.24, 2.45) is 5.11 Å². The molecule has 1 aliphatic rings. The van der Waals surface area contributed by atoms with Crippen LogP contribution < -0.4 is 10.6 Å². The van der Waals surface area contributed by atoms with Crippen LogP contribution in [0.1, 0.15) is 11.1 Å². The highest BCUT2D eigenvalue weighted by atomic mass is 15.5. The van der Waals surface area contributed by atoms with E-state index in [1.54, 1.807) is 0 Å².